The minimum Gasteiger partial charge on any atom is -0.493 e. The minimum absolute atomic E-state index is 0.00664. The number of allylic oxidation sites excluding steroid dienone is 1. The van der Waals surface area contributed by atoms with Crippen LogP contribution in [0.25, 0.3) is 6.08 Å². The molecule has 3 aromatic rings. The number of fused-ring (bicyclic) bond motifs is 1. The third kappa shape index (κ3) is 5.93. The van der Waals surface area contributed by atoms with E-state index in [-0.39, 0.29) is 24.4 Å². The van der Waals surface area contributed by atoms with Crippen molar-refractivity contribution in [2.24, 2.45) is 4.99 Å². The van der Waals surface area contributed by atoms with Crippen molar-refractivity contribution in [1.82, 2.24) is 4.57 Å². The van der Waals surface area contributed by atoms with Gasteiger partial charge in [-0.05, 0) is 71.4 Å². The van der Waals surface area contributed by atoms with Crippen LogP contribution in [-0.4, -0.2) is 36.5 Å². The van der Waals surface area contributed by atoms with Gasteiger partial charge in [-0.3, -0.25) is 9.36 Å². The molecule has 1 aromatic heterocycles. The fourth-order valence-electron chi connectivity index (χ4n) is 4.43. The topological polar surface area (TPSA) is 88.4 Å². The second-order valence-electron chi connectivity index (χ2n) is 9.58. The predicted molar refractivity (Wildman–Crippen MR) is 151 cm³/mol. The van der Waals surface area contributed by atoms with Crippen LogP contribution in [0, 0.1) is 0 Å². The maximum Gasteiger partial charge on any atom is 0.338 e. The molecule has 9 heteroatoms. The first kappa shape index (κ1) is 28.2. The van der Waals surface area contributed by atoms with E-state index in [1.165, 1.54) is 11.3 Å². The van der Waals surface area contributed by atoms with Crippen LogP contribution >= 0.6 is 11.3 Å². The molecule has 206 valence electrons. The van der Waals surface area contributed by atoms with E-state index in [2.05, 4.69) is 4.99 Å². The number of esters is 1. The second kappa shape index (κ2) is 11.9. The summed E-state index contributed by atoms with van der Waals surface area (Å²) in [5.74, 6) is 1.28. The number of ether oxygens (including phenoxy) is 4. The minimum atomic E-state index is -0.756. The molecular weight excluding hydrogens is 516 g/mol. The number of methoxy groups -OCH3 is 1. The smallest absolute Gasteiger partial charge is 0.338 e. The summed E-state index contributed by atoms with van der Waals surface area (Å²) in [6.45, 7) is 11.5. The number of carbonyl (C=O) groups is 1. The molecule has 0 fully saturated rings. The Labute approximate surface area is 231 Å². The molecule has 0 spiro atoms. The molecule has 1 aliphatic rings. The molecule has 1 aliphatic heterocycles. The number of benzene rings is 2. The van der Waals surface area contributed by atoms with Crippen molar-refractivity contribution in [2.75, 3.05) is 13.7 Å². The van der Waals surface area contributed by atoms with E-state index in [0.717, 1.165) is 5.56 Å². The van der Waals surface area contributed by atoms with Crippen molar-refractivity contribution in [3.8, 4) is 17.2 Å². The first-order valence-corrected chi connectivity index (χ1v) is 13.8. The van der Waals surface area contributed by atoms with Gasteiger partial charge in [-0.25, -0.2) is 9.79 Å². The lowest BCUT2D eigenvalue weighted by Crippen LogP contribution is -2.40. The van der Waals surface area contributed by atoms with Gasteiger partial charge in [0.2, 0.25) is 0 Å². The van der Waals surface area contributed by atoms with Crippen molar-refractivity contribution >= 4 is 23.4 Å². The number of hydrogen-bond donors (Lipinski definition) is 0. The fraction of sp³-hybridized carbons (Fsp3) is 0.367. The van der Waals surface area contributed by atoms with Gasteiger partial charge in [-0.2, -0.15) is 0 Å². The molecule has 0 N–H and O–H groups in total. The average molecular weight is 551 g/mol. The highest BCUT2D eigenvalue weighted by Crippen LogP contribution is 2.36. The van der Waals surface area contributed by atoms with Crippen LogP contribution in [0.5, 0.6) is 17.2 Å². The highest BCUT2D eigenvalue weighted by Gasteiger charge is 2.35. The number of para-hydroxylation sites is 1. The van der Waals surface area contributed by atoms with E-state index in [0.29, 0.717) is 43.4 Å². The second-order valence-corrected chi connectivity index (χ2v) is 10.6. The molecule has 0 saturated heterocycles. The van der Waals surface area contributed by atoms with E-state index in [1.54, 1.807) is 31.6 Å². The van der Waals surface area contributed by atoms with E-state index in [1.807, 2.05) is 70.2 Å². The van der Waals surface area contributed by atoms with Gasteiger partial charge >= 0.3 is 5.97 Å². The van der Waals surface area contributed by atoms with Crippen LogP contribution in [0.1, 0.15) is 58.7 Å². The highest BCUT2D eigenvalue weighted by molar-refractivity contribution is 7.07. The van der Waals surface area contributed by atoms with Gasteiger partial charge in [0.1, 0.15) is 11.8 Å². The summed E-state index contributed by atoms with van der Waals surface area (Å²) in [5, 5.41) is 0. The van der Waals surface area contributed by atoms with Gasteiger partial charge in [0, 0.05) is 5.56 Å². The first-order chi connectivity index (χ1) is 18.6. The monoisotopic (exact) mass is 550 g/mol. The Morgan fingerprint density at radius 3 is 2.41 bits per heavy atom. The number of rotatable bonds is 9. The molecule has 0 bridgehead atoms. The van der Waals surface area contributed by atoms with E-state index in [9.17, 15) is 9.59 Å². The van der Waals surface area contributed by atoms with Gasteiger partial charge in [-0.1, -0.05) is 35.6 Å². The maximum atomic E-state index is 13.9. The van der Waals surface area contributed by atoms with Crippen LogP contribution in [0.3, 0.4) is 0 Å². The average Bonchev–Trinajstić information content (AvgIpc) is 3.18. The van der Waals surface area contributed by atoms with Crippen molar-refractivity contribution in [1.29, 1.82) is 0 Å². The van der Waals surface area contributed by atoms with Crippen LogP contribution in [-0.2, 0) is 9.53 Å². The molecule has 0 saturated carbocycles. The molecule has 0 aliphatic carbocycles. The summed E-state index contributed by atoms with van der Waals surface area (Å²) in [6.07, 6.45) is 1.69. The van der Waals surface area contributed by atoms with Crippen molar-refractivity contribution < 1.29 is 23.7 Å². The number of aromatic nitrogens is 1. The Balaban J connectivity index is 1.92. The molecule has 39 heavy (non-hydrogen) atoms. The van der Waals surface area contributed by atoms with Crippen LogP contribution in [0.2, 0.25) is 0 Å². The zero-order valence-electron chi connectivity index (χ0n) is 23.3. The molecular formula is C30H34N2O6S. The zero-order valence-corrected chi connectivity index (χ0v) is 24.1. The van der Waals surface area contributed by atoms with Gasteiger partial charge < -0.3 is 18.9 Å². The Kier molecular flexibility index (Phi) is 8.60. The zero-order chi connectivity index (χ0) is 28.3. The number of carbonyl (C=O) groups excluding carboxylic acids is 1. The lowest BCUT2D eigenvalue weighted by molar-refractivity contribution is -0.139. The lowest BCUT2D eigenvalue weighted by atomic mass is 9.95. The molecule has 1 atom stereocenters. The van der Waals surface area contributed by atoms with Gasteiger partial charge in [0.25, 0.3) is 5.56 Å². The van der Waals surface area contributed by atoms with Crippen LogP contribution < -0.4 is 29.1 Å². The molecule has 2 aromatic carbocycles. The third-order valence-corrected chi connectivity index (χ3v) is 6.92. The molecule has 0 radical (unpaired) electrons. The summed E-state index contributed by atoms with van der Waals surface area (Å²) in [6, 6.07) is 12.2. The number of thiazole rings is 1. The number of hydrogen-bond acceptors (Lipinski definition) is 8. The third-order valence-electron chi connectivity index (χ3n) is 5.94. The van der Waals surface area contributed by atoms with Crippen molar-refractivity contribution in [3.05, 3.63) is 84.5 Å². The summed E-state index contributed by atoms with van der Waals surface area (Å²) in [4.78, 5) is 32.3. The summed E-state index contributed by atoms with van der Waals surface area (Å²) in [5.41, 5.74) is 2.01. The molecule has 4 rings (SSSR count). The highest BCUT2D eigenvalue weighted by atomic mass is 32.1. The van der Waals surface area contributed by atoms with E-state index < -0.39 is 12.0 Å². The SMILES string of the molecule is CCOC(=O)C1=C(C)N=c2s/c(=C/c3ccc(OC(C)C)c(OC)c3)c(=O)n2[C@@H]1c1ccccc1OC(C)C. The van der Waals surface area contributed by atoms with Crippen molar-refractivity contribution in [3.63, 3.8) is 0 Å². The summed E-state index contributed by atoms with van der Waals surface area (Å²) in [7, 11) is 1.58. The van der Waals surface area contributed by atoms with Crippen LogP contribution in [0.4, 0.5) is 0 Å². The lowest BCUT2D eigenvalue weighted by Gasteiger charge is -2.26. The molecule has 0 unspecified atom stereocenters. The van der Waals surface area contributed by atoms with Crippen LogP contribution in [0.15, 0.2) is 63.5 Å². The maximum absolute atomic E-state index is 13.9. The Hall–Kier alpha value is -3.85. The van der Waals surface area contributed by atoms with Gasteiger partial charge in [-0.15, -0.1) is 0 Å². The van der Waals surface area contributed by atoms with Gasteiger partial charge in [0.05, 0.1) is 41.7 Å². The molecule has 2 heterocycles. The van der Waals surface area contributed by atoms with Gasteiger partial charge in [0.15, 0.2) is 16.3 Å². The molecule has 8 nitrogen and oxygen atoms in total. The molecule has 0 amide bonds. The Morgan fingerprint density at radius 2 is 1.74 bits per heavy atom. The van der Waals surface area contributed by atoms with Crippen molar-refractivity contribution in [2.45, 2.75) is 59.8 Å². The normalized spacial score (nSPS) is 15.3. The van der Waals surface area contributed by atoms with E-state index in [4.69, 9.17) is 18.9 Å². The first-order valence-electron chi connectivity index (χ1n) is 12.9. The Bertz CT molecular complexity index is 1580. The summed E-state index contributed by atoms with van der Waals surface area (Å²) >= 11 is 1.26. The quantitative estimate of drug-likeness (QED) is 0.368. The fourth-order valence-corrected chi connectivity index (χ4v) is 5.48. The Morgan fingerprint density at radius 1 is 1.05 bits per heavy atom. The standard InChI is InChI=1S/C30H34N2O6S/c1-8-36-29(34)26-19(6)31-30-32(27(26)21-11-9-10-12-22(21)37-17(2)3)28(33)25(39-30)16-20-13-14-23(38-18(4)5)24(15-20)35-7/h9-18,27H,8H2,1-7H3/b25-16+/t27-/m1/s1. The predicted octanol–water partition coefficient (Wildman–Crippen LogP) is 4.38. The summed E-state index contributed by atoms with van der Waals surface area (Å²) < 4.78 is 24.9. The van der Waals surface area contributed by atoms with E-state index >= 15 is 0 Å². The largest absolute Gasteiger partial charge is 0.493 e. The number of nitrogens with zero attached hydrogens (tertiary/aromatic N) is 2.